The molecule has 3 nitrogen and oxygen atoms in total. The molecule has 0 spiro atoms. The molecule has 9 heteroatoms. The van der Waals surface area contributed by atoms with E-state index in [4.69, 9.17) is 5.73 Å². The summed E-state index contributed by atoms with van der Waals surface area (Å²) in [5, 5.41) is 0. The number of alkyl halides is 6. The van der Waals surface area contributed by atoms with Gasteiger partial charge in [0.15, 0.2) is 0 Å². The van der Waals surface area contributed by atoms with Crippen LogP contribution in [0.4, 0.5) is 32.2 Å². The molecule has 2 heterocycles. The van der Waals surface area contributed by atoms with Gasteiger partial charge in [0.05, 0.1) is 16.8 Å². The fourth-order valence-corrected chi connectivity index (χ4v) is 1.70. The molecule has 0 bridgehead atoms. The van der Waals surface area contributed by atoms with Crippen molar-refractivity contribution >= 4 is 5.82 Å². The number of hydrogen-bond acceptors (Lipinski definition) is 3. The van der Waals surface area contributed by atoms with E-state index in [0.717, 1.165) is 12.4 Å². The Labute approximate surface area is 114 Å². The van der Waals surface area contributed by atoms with Crippen LogP contribution in [-0.4, -0.2) is 9.97 Å². The van der Waals surface area contributed by atoms with Crippen LogP contribution in [0.1, 0.15) is 11.1 Å². The molecule has 0 radical (unpaired) electrons. The third-order valence-electron chi connectivity index (χ3n) is 2.57. The van der Waals surface area contributed by atoms with Gasteiger partial charge in [0.2, 0.25) is 0 Å². The summed E-state index contributed by atoms with van der Waals surface area (Å²) in [5.41, 5.74) is 1.82. The fraction of sp³-hybridized carbons (Fsp3) is 0.167. The van der Waals surface area contributed by atoms with E-state index in [2.05, 4.69) is 9.97 Å². The van der Waals surface area contributed by atoms with Crippen LogP contribution in [0, 0.1) is 0 Å². The molecular formula is C12H7F6N3. The van der Waals surface area contributed by atoms with E-state index in [9.17, 15) is 26.3 Å². The lowest BCUT2D eigenvalue weighted by atomic mass is 10.0. The Morgan fingerprint density at radius 2 is 1.62 bits per heavy atom. The molecule has 0 amide bonds. The Bertz CT molecular complexity index is 663. The highest BCUT2D eigenvalue weighted by Crippen LogP contribution is 2.38. The summed E-state index contributed by atoms with van der Waals surface area (Å²) >= 11 is 0. The van der Waals surface area contributed by atoms with Crippen molar-refractivity contribution in [1.82, 2.24) is 9.97 Å². The van der Waals surface area contributed by atoms with Crippen molar-refractivity contribution in [3.8, 4) is 11.3 Å². The third kappa shape index (κ3) is 3.23. The second-order valence-corrected chi connectivity index (χ2v) is 4.08. The Kier molecular flexibility index (Phi) is 3.52. The maximum Gasteiger partial charge on any atom is 0.417 e. The lowest BCUT2D eigenvalue weighted by molar-refractivity contribution is -0.137. The van der Waals surface area contributed by atoms with E-state index in [1.807, 2.05) is 0 Å². The van der Waals surface area contributed by atoms with Gasteiger partial charge in [-0.15, -0.1) is 0 Å². The van der Waals surface area contributed by atoms with E-state index >= 15 is 0 Å². The number of anilines is 1. The van der Waals surface area contributed by atoms with Crippen molar-refractivity contribution < 1.29 is 26.3 Å². The number of rotatable bonds is 1. The quantitative estimate of drug-likeness (QED) is 0.816. The Morgan fingerprint density at radius 3 is 2.19 bits per heavy atom. The van der Waals surface area contributed by atoms with Crippen LogP contribution >= 0.6 is 0 Å². The minimum absolute atomic E-state index is 0.503. The van der Waals surface area contributed by atoms with Crippen LogP contribution in [-0.2, 0) is 12.4 Å². The monoisotopic (exact) mass is 307 g/mol. The summed E-state index contributed by atoms with van der Waals surface area (Å²) < 4.78 is 76.6. The zero-order valence-electron chi connectivity index (χ0n) is 10.1. The maximum atomic E-state index is 12.9. The normalized spacial score (nSPS) is 12.5. The molecule has 2 rings (SSSR count). The minimum Gasteiger partial charge on any atom is -0.384 e. The second kappa shape index (κ2) is 4.90. The number of nitrogens with two attached hydrogens (primary N) is 1. The van der Waals surface area contributed by atoms with Crippen LogP contribution in [0.25, 0.3) is 11.3 Å². The number of halogens is 6. The Balaban J connectivity index is 2.66. The van der Waals surface area contributed by atoms with Gasteiger partial charge in [-0.1, -0.05) is 0 Å². The predicted molar refractivity (Wildman–Crippen MR) is 61.9 cm³/mol. The van der Waals surface area contributed by atoms with E-state index in [1.165, 1.54) is 0 Å². The molecule has 112 valence electrons. The first kappa shape index (κ1) is 15.1. The van der Waals surface area contributed by atoms with Gasteiger partial charge in [-0.05, 0) is 18.2 Å². The predicted octanol–water partition coefficient (Wildman–Crippen LogP) is 3.76. The third-order valence-corrected chi connectivity index (χ3v) is 2.57. The van der Waals surface area contributed by atoms with Crippen LogP contribution < -0.4 is 5.73 Å². The largest absolute Gasteiger partial charge is 0.417 e. The molecule has 0 fully saturated rings. The van der Waals surface area contributed by atoms with Gasteiger partial charge in [0, 0.05) is 18.0 Å². The van der Waals surface area contributed by atoms with E-state index < -0.39 is 40.6 Å². The van der Waals surface area contributed by atoms with Gasteiger partial charge in [-0.25, -0.2) is 4.98 Å². The minimum atomic E-state index is -4.75. The molecule has 2 aromatic rings. The van der Waals surface area contributed by atoms with Crippen molar-refractivity contribution in [3.05, 3.63) is 41.7 Å². The summed E-state index contributed by atoms with van der Waals surface area (Å²) in [6.45, 7) is 0. The molecule has 0 atom stereocenters. The molecule has 0 saturated heterocycles. The average molecular weight is 307 g/mol. The van der Waals surface area contributed by atoms with Crippen molar-refractivity contribution in [2.24, 2.45) is 0 Å². The maximum absolute atomic E-state index is 12.9. The van der Waals surface area contributed by atoms with E-state index in [-0.39, 0.29) is 0 Å². The summed E-state index contributed by atoms with van der Waals surface area (Å²) in [4.78, 5) is 7.02. The Morgan fingerprint density at radius 1 is 0.952 bits per heavy atom. The first-order valence-corrected chi connectivity index (χ1v) is 5.45. The van der Waals surface area contributed by atoms with Crippen molar-refractivity contribution in [2.75, 3.05) is 5.73 Å². The molecule has 21 heavy (non-hydrogen) atoms. The summed E-state index contributed by atoms with van der Waals surface area (Å²) in [6, 6.07) is 1.71. The molecule has 0 saturated carbocycles. The molecule has 0 unspecified atom stereocenters. The summed E-state index contributed by atoms with van der Waals surface area (Å²) in [6.07, 6.45) is -7.80. The van der Waals surface area contributed by atoms with Crippen molar-refractivity contribution in [3.63, 3.8) is 0 Å². The molecule has 2 aromatic heterocycles. The summed E-state index contributed by atoms with van der Waals surface area (Å²) in [5.74, 6) is -0.531. The zero-order valence-corrected chi connectivity index (χ0v) is 10.1. The van der Waals surface area contributed by atoms with Crippen molar-refractivity contribution in [2.45, 2.75) is 12.4 Å². The van der Waals surface area contributed by atoms with Crippen LogP contribution in [0.15, 0.2) is 30.6 Å². The van der Waals surface area contributed by atoms with Crippen LogP contribution in [0.5, 0.6) is 0 Å². The first-order chi connectivity index (χ1) is 9.59. The fourth-order valence-electron chi connectivity index (χ4n) is 1.70. The SMILES string of the molecule is Nc1cc(C(F)(F)F)cc(-c2cnccc2C(F)(F)F)n1. The molecule has 0 aromatic carbocycles. The number of pyridine rings is 2. The molecule has 0 aliphatic rings. The highest BCUT2D eigenvalue weighted by molar-refractivity contribution is 5.65. The van der Waals surface area contributed by atoms with Gasteiger partial charge >= 0.3 is 12.4 Å². The van der Waals surface area contributed by atoms with E-state index in [1.54, 1.807) is 0 Å². The second-order valence-electron chi connectivity index (χ2n) is 4.08. The van der Waals surface area contributed by atoms with Crippen molar-refractivity contribution in [1.29, 1.82) is 0 Å². The number of nitrogens with zero attached hydrogens (tertiary/aromatic N) is 2. The Hall–Kier alpha value is -2.32. The van der Waals surface area contributed by atoms with Gasteiger partial charge in [-0.3, -0.25) is 4.98 Å². The van der Waals surface area contributed by atoms with E-state index in [0.29, 0.717) is 18.2 Å². The molecule has 2 N–H and O–H groups in total. The lowest BCUT2D eigenvalue weighted by Gasteiger charge is -2.14. The average Bonchev–Trinajstić information content (AvgIpc) is 2.36. The summed E-state index contributed by atoms with van der Waals surface area (Å²) in [7, 11) is 0. The molecule has 0 aliphatic heterocycles. The highest BCUT2D eigenvalue weighted by Gasteiger charge is 2.35. The standard InChI is InChI=1S/C12H7F6N3/c13-11(14,15)6-3-9(21-10(19)4-6)7-5-20-2-1-8(7)12(16,17)18/h1-5H,(H2,19,21). The molecule has 0 aliphatic carbocycles. The number of nitrogen functional groups attached to an aromatic ring is 1. The number of hydrogen-bond donors (Lipinski definition) is 1. The van der Waals surface area contributed by atoms with Gasteiger partial charge in [-0.2, -0.15) is 26.3 Å². The smallest absolute Gasteiger partial charge is 0.384 e. The lowest BCUT2D eigenvalue weighted by Crippen LogP contribution is -2.10. The first-order valence-electron chi connectivity index (χ1n) is 5.45. The van der Waals surface area contributed by atoms with Gasteiger partial charge in [0.1, 0.15) is 5.82 Å². The topological polar surface area (TPSA) is 51.8 Å². The van der Waals surface area contributed by atoms with Crippen LogP contribution in [0.3, 0.4) is 0 Å². The molecular weight excluding hydrogens is 300 g/mol. The number of aromatic nitrogens is 2. The van der Waals surface area contributed by atoms with Gasteiger partial charge < -0.3 is 5.73 Å². The van der Waals surface area contributed by atoms with Crippen LogP contribution in [0.2, 0.25) is 0 Å². The van der Waals surface area contributed by atoms with Gasteiger partial charge in [0.25, 0.3) is 0 Å². The highest BCUT2D eigenvalue weighted by atomic mass is 19.4. The zero-order chi connectivity index (χ0) is 15.8.